The molecule has 0 aromatic heterocycles. The molecule has 33 heavy (non-hydrogen) atoms. The van der Waals surface area contributed by atoms with Gasteiger partial charge in [-0.15, -0.1) is 0 Å². The molecule has 0 saturated carbocycles. The molecule has 0 saturated heterocycles. The van der Waals surface area contributed by atoms with Gasteiger partial charge in [0.2, 0.25) is 0 Å². The highest BCUT2D eigenvalue weighted by molar-refractivity contribution is 7.85. The maximum absolute atomic E-state index is 12.2. The Bertz CT molecular complexity index is 956. The monoisotopic (exact) mass is 491 g/mol. The predicted octanol–water partition coefficient (Wildman–Crippen LogP) is 0.555. The summed E-state index contributed by atoms with van der Waals surface area (Å²) in [5.41, 5.74) is 1.36. The number of rotatable bonds is 11. The SMILES string of the molecule is CC(C)(C)OC(=O)N[C@@H](COS(C)(=O)=O)C(=O)NOCC(=O)OCc1ccc([N+](=O)[O-])cc1. The topological polar surface area (TPSA) is 189 Å². The van der Waals surface area contributed by atoms with Crippen molar-refractivity contribution < 1.29 is 46.2 Å². The van der Waals surface area contributed by atoms with Crippen molar-refractivity contribution >= 4 is 33.8 Å². The van der Waals surface area contributed by atoms with E-state index in [9.17, 15) is 32.9 Å². The highest BCUT2D eigenvalue weighted by Gasteiger charge is 2.26. The van der Waals surface area contributed by atoms with E-state index in [-0.39, 0.29) is 12.3 Å². The lowest BCUT2D eigenvalue weighted by Gasteiger charge is -2.22. The van der Waals surface area contributed by atoms with Crippen LogP contribution in [0.5, 0.6) is 0 Å². The Kier molecular flexibility index (Phi) is 10.2. The summed E-state index contributed by atoms with van der Waals surface area (Å²) in [4.78, 5) is 50.6. The van der Waals surface area contributed by atoms with E-state index in [1.807, 2.05) is 5.48 Å². The minimum Gasteiger partial charge on any atom is -0.459 e. The van der Waals surface area contributed by atoms with E-state index < -0.39 is 57.9 Å². The van der Waals surface area contributed by atoms with Gasteiger partial charge in [0.1, 0.15) is 18.2 Å². The van der Waals surface area contributed by atoms with Gasteiger partial charge in [-0.2, -0.15) is 8.42 Å². The Morgan fingerprint density at radius 3 is 2.27 bits per heavy atom. The molecule has 0 unspecified atom stereocenters. The van der Waals surface area contributed by atoms with Crippen molar-refractivity contribution in [1.29, 1.82) is 0 Å². The van der Waals surface area contributed by atoms with Crippen molar-refractivity contribution in [3.05, 3.63) is 39.9 Å². The first-order chi connectivity index (χ1) is 15.2. The second-order valence-electron chi connectivity index (χ2n) is 7.53. The zero-order valence-electron chi connectivity index (χ0n) is 18.4. The Morgan fingerprint density at radius 1 is 1.15 bits per heavy atom. The van der Waals surface area contributed by atoms with E-state index >= 15 is 0 Å². The van der Waals surface area contributed by atoms with Crippen LogP contribution < -0.4 is 10.8 Å². The Morgan fingerprint density at radius 2 is 1.76 bits per heavy atom. The van der Waals surface area contributed by atoms with Crippen LogP contribution in [0.15, 0.2) is 24.3 Å². The molecule has 15 heteroatoms. The summed E-state index contributed by atoms with van der Waals surface area (Å²) in [5.74, 6) is -1.90. The van der Waals surface area contributed by atoms with Crippen molar-refractivity contribution in [3.8, 4) is 0 Å². The van der Waals surface area contributed by atoms with Gasteiger partial charge in [0, 0.05) is 12.1 Å². The van der Waals surface area contributed by atoms with Crippen molar-refractivity contribution in [2.75, 3.05) is 19.5 Å². The van der Waals surface area contributed by atoms with E-state index in [2.05, 4.69) is 9.50 Å². The molecule has 0 aliphatic heterocycles. The van der Waals surface area contributed by atoms with Gasteiger partial charge < -0.3 is 14.8 Å². The van der Waals surface area contributed by atoms with E-state index in [0.29, 0.717) is 5.56 Å². The average Bonchev–Trinajstić information content (AvgIpc) is 2.67. The minimum atomic E-state index is -3.92. The maximum atomic E-state index is 12.2. The number of carbonyl (C=O) groups is 3. The molecule has 0 heterocycles. The molecular formula is C18H25N3O11S. The predicted molar refractivity (Wildman–Crippen MR) is 111 cm³/mol. The first-order valence-electron chi connectivity index (χ1n) is 9.31. The van der Waals surface area contributed by atoms with Crippen LogP contribution in [0, 0.1) is 10.1 Å². The quantitative estimate of drug-likeness (QED) is 0.190. The average molecular weight is 491 g/mol. The third-order valence-corrected chi connectivity index (χ3v) is 3.93. The van der Waals surface area contributed by atoms with Crippen molar-refractivity contribution in [3.63, 3.8) is 0 Å². The largest absolute Gasteiger partial charge is 0.459 e. The Balaban J connectivity index is 2.54. The normalized spacial score (nSPS) is 12.4. The second-order valence-corrected chi connectivity index (χ2v) is 9.17. The summed E-state index contributed by atoms with van der Waals surface area (Å²) in [7, 11) is -3.92. The van der Waals surface area contributed by atoms with Gasteiger partial charge in [-0.25, -0.2) is 15.1 Å². The van der Waals surface area contributed by atoms with Crippen LogP contribution in [0.1, 0.15) is 26.3 Å². The van der Waals surface area contributed by atoms with Gasteiger partial charge in [0.15, 0.2) is 6.61 Å². The molecule has 0 aliphatic carbocycles. The van der Waals surface area contributed by atoms with Gasteiger partial charge in [-0.3, -0.25) is 23.9 Å². The number of amides is 2. The molecule has 0 radical (unpaired) electrons. The van der Waals surface area contributed by atoms with Crippen LogP contribution in [-0.4, -0.2) is 62.4 Å². The second kappa shape index (κ2) is 12.1. The van der Waals surface area contributed by atoms with Crippen LogP contribution in [0.4, 0.5) is 10.5 Å². The number of nitro benzene ring substituents is 1. The molecule has 1 rings (SSSR count). The van der Waals surface area contributed by atoms with E-state index in [1.54, 1.807) is 20.8 Å². The molecule has 1 atom stereocenters. The smallest absolute Gasteiger partial charge is 0.408 e. The minimum absolute atomic E-state index is 0.120. The van der Waals surface area contributed by atoms with Crippen molar-refractivity contribution in [2.24, 2.45) is 0 Å². The first-order valence-corrected chi connectivity index (χ1v) is 11.1. The molecule has 2 amide bonds. The number of nitro groups is 1. The molecular weight excluding hydrogens is 466 g/mol. The number of non-ortho nitro benzene ring substituents is 1. The zero-order chi connectivity index (χ0) is 25.2. The molecule has 0 spiro atoms. The summed E-state index contributed by atoms with van der Waals surface area (Å²) >= 11 is 0. The summed E-state index contributed by atoms with van der Waals surface area (Å²) in [6, 6.07) is 3.78. The fourth-order valence-electron chi connectivity index (χ4n) is 1.98. The van der Waals surface area contributed by atoms with Crippen LogP contribution >= 0.6 is 0 Å². The maximum Gasteiger partial charge on any atom is 0.408 e. The molecule has 184 valence electrons. The molecule has 0 aliphatic rings. The highest BCUT2D eigenvalue weighted by Crippen LogP contribution is 2.12. The van der Waals surface area contributed by atoms with Crippen molar-refractivity contribution in [1.82, 2.24) is 10.8 Å². The molecule has 1 aromatic carbocycles. The molecule has 0 fully saturated rings. The summed E-state index contributed by atoms with van der Waals surface area (Å²) in [6.07, 6.45) is -0.255. The summed E-state index contributed by atoms with van der Waals surface area (Å²) in [5, 5.41) is 12.7. The number of hydrogen-bond donors (Lipinski definition) is 2. The third-order valence-electron chi connectivity index (χ3n) is 3.37. The lowest BCUT2D eigenvalue weighted by Crippen LogP contribution is -2.51. The number of ether oxygens (including phenoxy) is 2. The van der Waals surface area contributed by atoms with Gasteiger partial charge in [0.25, 0.3) is 21.7 Å². The molecule has 1 aromatic rings. The number of nitrogens with zero attached hydrogens (tertiary/aromatic N) is 1. The third kappa shape index (κ3) is 12.4. The number of carbonyl (C=O) groups excluding carboxylic acids is 3. The van der Waals surface area contributed by atoms with E-state index in [0.717, 1.165) is 6.26 Å². The fraction of sp³-hybridized carbons (Fsp3) is 0.500. The van der Waals surface area contributed by atoms with Gasteiger partial charge >= 0.3 is 12.1 Å². The molecule has 2 N–H and O–H groups in total. The summed E-state index contributed by atoms with van der Waals surface area (Å²) < 4.78 is 36.8. The number of esters is 1. The Hall–Kier alpha value is -3.30. The fourth-order valence-corrected chi connectivity index (χ4v) is 2.36. The zero-order valence-corrected chi connectivity index (χ0v) is 19.2. The van der Waals surface area contributed by atoms with Crippen LogP contribution in [0.25, 0.3) is 0 Å². The van der Waals surface area contributed by atoms with Crippen molar-refractivity contribution in [2.45, 2.75) is 39.0 Å². The number of nitrogens with one attached hydrogen (secondary N) is 2. The van der Waals surface area contributed by atoms with Gasteiger partial charge in [-0.1, -0.05) is 0 Å². The lowest BCUT2D eigenvalue weighted by atomic mass is 10.2. The van der Waals surface area contributed by atoms with Crippen LogP contribution in [0.3, 0.4) is 0 Å². The number of benzene rings is 1. The standard InChI is InChI=1S/C18H25N3O11S/c1-18(2,3)32-17(24)19-14(10-31-33(4,27)28)16(23)20-30-11-15(22)29-9-12-5-7-13(8-6-12)21(25)26/h5-8,14H,9-11H2,1-4H3,(H,19,24)(H,20,23)/t14-/m0/s1. The number of alkyl carbamates (subject to hydrolysis) is 1. The molecule has 14 nitrogen and oxygen atoms in total. The van der Waals surface area contributed by atoms with Gasteiger partial charge in [-0.05, 0) is 38.5 Å². The first kappa shape index (κ1) is 27.7. The van der Waals surface area contributed by atoms with Gasteiger partial charge in [0.05, 0.1) is 17.8 Å². The number of hydrogen-bond acceptors (Lipinski definition) is 11. The van der Waals surface area contributed by atoms with E-state index in [4.69, 9.17) is 14.3 Å². The lowest BCUT2D eigenvalue weighted by molar-refractivity contribution is -0.384. The number of hydroxylamine groups is 1. The van der Waals surface area contributed by atoms with Crippen LogP contribution in [0.2, 0.25) is 0 Å². The van der Waals surface area contributed by atoms with E-state index in [1.165, 1.54) is 24.3 Å². The highest BCUT2D eigenvalue weighted by atomic mass is 32.2. The summed E-state index contributed by atoms with van der Waals surface area (Å²) in [6.45, 7) is 3.09. The van der Waals surface area contributed by atoms with Crippen LogP contribution in [-0.2, 0) is 44.8 Å². The molecule has 0 bridgehead atoms. The Labute approximate surface area is 189 Å².